The summed E-state index contributed by atoms with van der Waals surface area (Å²) < 4.78 is 0. The molecule has 2 unspecified atom stereocenters. The molecule has 1 heterocycles. The second-order valence-corrected chi connectivity index (χ2v) is 3.57. The third-order valence-electron chi connectivity index (χ3n) is 2.50. The standard InChI is InChI=1S/C9H18N2O2/c1-7(12)8-4-3-5-11(8)9(13)6-10-2/h7-8,10,12H,3-6H2,1-2H3. The van der Waals surface area contributed by atoms with Gasteiger partial charge in [0.2, 0.25) is 5.91 Å². The Morgan fingerprint density at radius 2 is 2.46 bits per heavy atom. The van der Waals surface area contributed by atoms with Crippen LogP contribution in [0, 0.1) is 0 Å². The highest BCUT2D eigenvalue weighted by Crippen LogP contribution is 2.19. The van der Waals surface area contributed by atoms with E-state index < -0.39 is 6.10 Å². The fourth-order valence-electron chi connectivity index (χ4n) is 1.86. The number of carbonyl (C=O) groups excluding carboxylic acids is 1. The van der Waals surface area contributed by atoms with Crippen molar-refractivity contribution in [3.05, 3.63) is 0 Å². The van der Waals surface area contributed by atoms with Gasteiger partial charge in [-0.15, -0.1) is 0 Å². The maximum absolute atomic E-state index is 11.5. The van der Waals surface area contributed by atoms with Crippen molar-refractivity contribution in [3.63, 3.8) is 0 Å². The molecule has 1 fully saturated rings. The summed E-state index contributed by atoms with van der Waals surface area (Å²) in [5.41, 5.74) is 0. The smallest absolute Gasteiger partial charge is 0.236 e. The number of hydrogen-bond donors (Lipinski definition) is 2. The number of likely N-dealkylation sites (tertiary alicyclic amines) is 1. The molecule has 0 aromatic carbocycles. The molecule has 0 spiro atoms. The Kier molecular flexibility index (Phi) is 3.69. The molecule has 1 aliphatic heterocycles. The van der Waals surface area contributed by atoms with Gasteiger partial charge < -0.3 is 15.3 Å². The van der Waals surface area contributed by atoms with Gasteiger partial charge in [-0.05, 0) is 26.8 Å². The fourth-order valence-corrected chi connectivity index (χ4v) is 1.86. The van der Waals surface area contributed by atoms with Gasteiger partial charge in [-0.25, -0.2) is 0 Å². The third-order valence-corrected chi connectivity index (χ3v) is 2.50. The minimum atomic E-state index is -0.414. The number of hydrogen-bond acceptors (Lipinski definition) is 3. The summed E-state index contributed by atoms with van der Waals surface area (Å²) in [5, 5.41) is 12.3. The first-order valence-electron chi connectivity index (χ1n) is 4.79. The monoisotopic (exact) mass is 186 g/mol. The van der Waals surface area contributed by atoms with Crippen LogP contribution < -0.4 is 5.32 Å². The Morgan fingerprint density at radius 3 is 3.00 bits per heavy atom. The molecule has 0 aromatic heterocycles. The molecule has 0 bridgehead atoms. The molecule has 76 valence electrons. The molecule has 1 aliphatic rings. The maximum Gasteiger partial charge on any atom is 0.236 e. The molecule has 1 saturated heterocycles. The quantitative estimate of drug-likeness (QED) is 0.629. The highest BCUT2D eigenvalue weighted by Gasteiger charge is 2.31. The van der Waals surface area contributed by atoms with Gasteiger partial charge in [0.25, 0.3) is 0 Å². The lowest BCUT2D eigenvalue weighted by Crippen LogP contribution is -2.44. The Balaban J connectivity index is 2.52. The normalized spacial score (nSPS) is 24.8. The van der Waals surface area contributed by atoms with Gasteiger partial charge in [-0.1, -0.05) is 0 Å². The lowest BCUT2D eigenvalue weighted by Gasteiger charge is -2.26. The van der Waals surface area contributed by atoms with Gasteiger partial charge in [0.1, 0.15) is 0 Å². The molecule has 4 nitrogen and oxygen atoms in total. The minimum Gasteiger partial charge on any atom is -0.391 e. The van der Waals surface area contributed by atoms with Crippen molar-refractivity contribution in [2.45, 2.75) is 31.9 Å². The van der Waals surface area contributed by atoms with Crippen molar-refractivity contribution in [1.29, 1.82) is 0 Å². The molecule has 4 heteroatoms. The average molecular weight is 186 g/mol. The van der Waals surface area contributed by atoms with Gasteiger partial charge in [0.05, 0.1) is 18.7 Å². The molecule has 2 atom stereocenters. The molecule has 1 amide bonds. The van der Waals surface area contributed by atoms with Crippen LogP contribution in [0.25, 0.3) is 0 Å². The molecular formula is C9H18N2O2. The highest BCUT2D eigenvalue weighted by molar-refractivity contribution is 5.78. The summed E-state index contributed by atoms with van der Waals surface area (Å²) >= 11 is 0. The van der Waals surface area contributed by atoms with E-state index in [-0.39, 0.29) is 11.9 Å². The number of aliphatic hydroxyl groups excluding tert-OH is 1. The van der Waals surface area contributed by atoms with E-state index in [1.165, 1.54) is 0 Å². The van der Waals surface area contributed by atoms with Crippen LogP contribution in [0.3, 0.4) is 0 Å². The average Bonchev–Trinajstić information content (AvgIpc) is 2.52. The van der Waals surface area contributed by atoms with Gasteiger partial charge in [0, 0.05) is 6.54 Å². The van der Waals surface area contributed by atoms with Crippen molar-refractivity contribution in [1.82, 2.24) is 10.2 Å². The number of carbonyl (C=O) groups is 1. The molecular weight excluding hydrogens is 168 g/mol. The summed E-state index contributed by atoms with van der Waals surface area (Å²) in [7, 11) is 1.76. The highest BCUT2D eigenvalue weighted by atomic mass is 16.3. The summed E-state index contributed by atoms with van der Waals surface area (Å²) in [6, 6.07) is 0.0286. The maximum atomic E-state index is 11.5. The summed E-state index contributed by atoms with van der Waals surface area (Å²) in [4.78, 5) is 13.3. The predicted molar refractivity (Wildman–Crippen MR) is 50.3 cm³/mol. The van der Waals surface area contributed by atoms with Crippen molar-refractivity contribution in [2.24, 2.45) is 0 Å². The van der Waals surface area contributed by atoms with Crippen molar-refractivity contribution < 1.29 is 9.90 Å². The predicted octanol–water partition coefficient (Wildman–Crippen LogP) is -0.422. The largest absolute Gasteiger partial charge is 0.391 e. The number of aliphatic hydroxyl groups is 1. The second-order valence-electron chi connectivity index (χ2n) is 3.57. The van der Waals surface area contributed by atoms with Crippen LogP contribution in [-0.4, -0.2) is 48.2 Å². The van der Waals surface area contributed by atoms with E-state index >= 15 is 0 Å². The SMILES string of the molecule is CNCC(=O)N1CCCC1C(C)O. The Labute approximate surface area is 78.9 Å². The second kappa shape index (κ2) is 4.58. The fraction of sp³-hybridized carbons (Fsp3) is 0.889. The lowest BCUT2D eigenvalue weighted by atomic mass is 10.1. The van der Waals surface area contributed by atoms with Crippen LogP contribution in [0.5, 0.6) is 0 Å². The lowest BCUT2D eigenvalue weighted by molar-refractivity contribution is -0.132. The zero-order valence-electron chi connectivity index (χ0n) is 8.29. The van der Waals surface area contributed by atoms with E-state index in [1.807, 2.05) is 0 Å². The van der Waals surface area contributed by atoms with Crippen molar-refractivity contribution in [3.8, 4) is 0 Å². The van der Waals surface area contributed by atoms with E-state index in [2.05, 4.69) is 5.32 Å². The van der Waals surface area contributed by atoms with Gasteiger partial charge in [-0.2, -0.15) is 0 Å². The van der Waals surface area contributed by atoms with Crippen LogP contribution in [0.1, 0.15) is 19.8 Å². The zero-order valence-corrected chi connectivity index (χ0v) is 8.29. The van der Waals surface area contributed by atoms with Crippen LogP contribution in [0.2, 0.25) is 0 Å². The van der Waals surface area contributed by atoms with Crippen LogP contribution in [-0.2, 0) is 4.79 Å². The minimum absolute atomic E-state index is 0.0286. The van der Waals surface area contributed by atoms with Crippen LogP contribution in [0.15, 0.2) is 0 Å². The molecule has 0 aliphatic carbocycles. The summed E-state index contributed by atoms with van der Waals surface area (Å²) in [5.74, 6) is 0.0888. The van der Waals surface area contributed by atoms with Gasteiger partial charge >= 0.3 is 0 Å². The first-order chi connectivity index (χ1) is 6.16. The summed E-state index contributed by atoms with van der Waals surface area (Å²) in [6.07, 6.45) is 1.52. The molecule has 0 saturated carbocycles. The van der Waals surface area contributed by atoms with Gasteiger partial charge in [-0.3, -0.25) is 4.79 Å². The van der Waals surface area contributed by atoms with E-state index in [4.69, 9.17) is 0 Å². The van der Waals surface area contributed by atoms with Crippen LogP contribution in [0.4, 0.5) is 0 Å². The molecule has 2 N–H and O–H groups in total. The van der Waals surface area contributed by atoms with Crippen LogP contribution >= 0.6 is 0 Å². The first-order valence-corrected chi connectivity index (χ1v) is 4.79. The number of amides is 1. The Hall–Kier alpha value is -0.610. The van der Waals surface area contributed by atoms with E-state index in [0.717, 1.165) is 19.4 Å². The van der Waals surface area contributed by atoms with Crippen molar-refractivity contribution in [2.75, 3.05) is 20.1 Å². The number of nitrogens with one attached hydrogen (secondary N) is 1. The topological polar surface area (TPSA) is 52.6 Å². The van der Waals surface area contributed by atoms with E-state index in [1.54, 1.807) is 18.9 Å². The van der Waals surface area contributed by atoms with Crippen molar-refractivity contribution >= 4 is 5.91 Å². The van der Waals surface area contributed by atoms with E-state index in [9.17, 15) is 9.90 Å². The van der Waals surface area contributed by atoms with Gasteiger partial charge in [0.15, 0.2) is 0 Å². The molecule has 0 radical (unpaired) electrons. The zero-order chi connectivity index (χ0) is 9.84. The molecule has 0 aromatic rings. The Morgan fingerprint density at radius 1 is 1.77 bits per heavy atom. The molecule has 1 rings (SSSR count). The van der Waals surface area contributed by atoms with E-state index in [0.29, 0.717) is 6.54 Å². The number of nitrogens with zero attached hydrogens (tertiary/aromatic N) is 1. The summed E-state index contributed by atoms with van der Waals surface area (Å²) in [6.45, 7) is 2.90. The third kappa shape index (κ3) is 2.42. The molecule has 13 heavy (non-hydrogen) atoms. The first kappa shape index (κ1) is 10.5. The number of rotatable bonds is 3. The number of likely N-dealkylation sites (N-methyl/N-ethyl adjacent to an activating group) is 1. The Bertz CT molecular complexity index is 182.